The van der Waals surface area contributed by atoms with Crippen molar-refractivity contribution in [1.82, 2.24) is 0 Å². The molecule has 0 radical (unpaired) electrons. The van der Waals surface area contributed by atoms with E-state index in [1.54, 1.807) is 18.2 Å². The summed E-state index contributed by atoms with van der Waals surface area (Å²) >= 11 is 0. The molecule has 1 saturated heterocycles. The summed E-state index contributed by atoms with van der Waals surface area (Å²) in [6, 6.07) is 7.71. The van der Waals surface area contributed by atoms with Gasteiger partial charge in [-0.15, -0.1) is 0 Å². The van der Waals surface area contributed by atoms with E-state index >= 15 is 0 Å². The predicted octanol–water partition coefficient (Wildman–Crippen LogP) is 1.42. The van der Waals surface area contributed by atoms with Gasteiger partial charge >= 0.3 is 25.1 Å². The molecule has 0 N–H and O–H groups in total. The van der Waals surface area contributed by atoms with Gasteiger partial charge in [-0.2, -0.15) is 13.2 Å². The molecular weight excluding hydrogens is 308 g/mol. The fourth-order valence-electron chi connectivity index (χ4n) is 1.90. The maximum atomic E-state index is 12.9. The quantitative estimate of drug-likeness (QED) is 0.445. The van der Waals surface area contributed by atoms with Gasteiger partial charge in [0.25, 0.3) is 5.78 Å². The minimum atomic E-state index is -4.89. The number of alkyl halides is 3. The number of rotatable bonds is 1. The van der Waals surface area contributed by atoms with E-state index < -0.39 is 30.8 Å². The second kappa shape index (κ2) is 4.62. The predicted molar refractivity (Wildman–Crippen MR) is 63.9 cm³/mol. The largest absolute Gasteiger partial charge is 1.04 e. The Labute approximate surface area is 120 Å². The first-order chi connectivity index (χ1) is 10.3. The molecule has 3 rings (SSSR count). The number of hydrogen-bond donors (Lipinski definition) is 0. The molecule has 1 spiro atoms. The van der Waals surface area contributed by atoms with Crippen molar-refractivity contribution in [1.29, 1.82) is 0 Å². The van der Waals surface area contributed by atoms with Crippen molar-refractivity contribution in [3.63, 3.8) is 0 Å². The van der Waals surface area contributed by atoms with Crippen LogP contribution in [0.25, 0.3) is 0 Å². The van der Waals surface area contributed by atoms with E-state index in [9.17, 15) is 22.8 Å². The molecule has 1 aromatic carbocycles. The first-order valence-electron chi connectivity index (χ1n) is 5.97. The molecule has 2 heterocycles. The number of carbonyl (C=O) groups excluding carboxylic acids is 3. The van der Waals surface area contributed by atoms with Crippen LogP contribution >= 0.6 is 0 Å². The molecule has 10 heteroatoms. The van der Waals surface area contributed by atoms with E-state index in [-0.39, 0.29) is 11.3 Å². The lowest BCUT2D eigenvalue weighted by Crippen LogP contribution is -2.45. The zero-order chi connectivity index (χ0) is 16.0. The number of carbonyl (C=O) groups is 2. The summed E-state index contributed by atoms with van der Waals surface area (Å²) in [6.07, 6.45) is -4.30. The summed E-state index contributed by atoms with van der Waals surface area (Å²) in [4.78, 5) is 22.2. The van der Waals surface area contributed by atoms with Crippen LogP contribution in [0.2, 0.25) is 0 Å². The summed E-state index contributed by atoms with van der Waals surface area (Å²) in [5, 5.41) is 0. The summed E-state index contributed by atoms with van der Waals surface area (Å²) in [6.45, 7) is -3.66. The Morgan fingerprint density at radius 1 is 0.955 bits per heavy atom. The molecule has 22 heavy (non-hydrogen) atoms. The second-order valence-corrected chi connectivity index (χ2v) is 4.36. The molecule has 0 amide bonds. The smallest absolute Gasteiger partial charge is 0.548 e. The van der Waals surface area contributed by atoms with Gasteiger partial charge in [0.2, 0.25) is 0 Å². The standard InChI is InChI=1S/C12H6BF3O6/c14-12(15,16)9-6-8(7-4-2-1-3-5-7)19-13(20-9)21-10(17)11(18)22-13/h1-6H. The van der Waals surface area contributed by atoms with E-state index in [1.165, 1.54) is 12.1 Å². The molecule has 0 saturated carbocycles. The molecule has 1 fully saturated rings. The van der Waals surface area contributed by atoms with Gasteiger partial charge < -0.3 is 18.3 Å². The third kappa shape index (κ3) is 2.43. The minimum Gasteiger partial charge on any atom is -0.548 e. The average Bonchev–Trinajstić information content (AvgIpc) is 2.72. The first kappa shape index (κ1) is 14.2. The molecule has 0 atom stereocenters. The van der Waals surface area contributed by atoms with Crippen LogP contribution < -0.4 is 0 Å². The highest BCUT2D eigenvalue weighted by Crippen LogP contribution is 2.35. The van der Waals surface area contributed by atoms with Crippen LogP contribution in [0.1, 0.15) is 9.91 Å². The molecule has 2 aliphatic rings. The molecule has 0 bridgehead atoms. The van der Waals surface area contributed by atoms with Crippen molar-refractivity contribution in [3.05, 3.63) is 47.7 Å². The van der Waals surface area contributed by atoms with Crippen molar-refractivity contribution < 1.29 is 41.1 Å². The van der Waals surface area contributed by atoms with Gasteiger partial charge in [0.15, 0.2) is 5.76 Å². The third-order valence-electron chi connectivity index (χ3n) is 2.81. The lowest BCUT2D eigenvalue weighted by molar-refractivity contribution is -0.231. The number of allylic oxidation sites excluding steroid dienone is 2. The van der Waals surface area contributed by atoms with Gasteiger partial charge in [0, 0.05) is 0 Å². The van der Waals surface area contributed by atoms with Gasteiger partial charge in [0.1, 0.15) is 0 Å². The topological polar surface area (TPSA) is 73.1 Å². The van der Waals surface area contributed by atoms with E-state index in [4.69, 9.17) is 4.34 Å². The molecule has 114 valence electrons. The van der Waals surface area contributed by atoms with Crippen LogP contribution in [0.4, 0.5) is 13.2 Å². The molecular formula is C12H6BF3O6. The minimum absolute atomic E-state index is 0.257. The van der Waals surface area contributed by atoms with Crippen molar-refractivity contribution in [2.75, 3.05) is 0 Å². The normalized spacial score (nSPS) is 20.0. The Hall–Kier alpha value is -2.78. The van der Waals surface area contributed by atoms with Crippen LogP contribution in [0.15, 0.2) is 42.2 Å². The number of halogens is 3. The third-order valence-corrected chi connectivity index (χ3v) is 2.81. The Bertz CT molecular complexity index is 693. The number of hydrogen-bond acceptors (Lipinski definition) is 5. The monoisotopic (exact) mass is 314 g/mol. The highest BCUT2D eigenvalue weighted by molar-refractivity contribution is 6.65. The maximum absolute atomic E-state index is 12.9. The molecule has 1 aromatic rings. The molecule has 6 nitrogen and oxygen atoms in total. The van der Waals surface area contributed by atoms with E-state index in [0.29, 0.717) is 6.08 Å². The zero-order valence-corrected chi connectivity index (χ0v) is 10.6. The van der Waals surface area contributed by atoms with Crippen LogP contribution in [-0.2, 0) is 23.6 Å². The molecule has 2 aliphatic heterocycles. The van der Waals surface area contributed by atoms with E-state index in [2.05, 4.69) is 14.0 Å². The van der Waals surface area contributed by atoms with Gasteiger partial charge in [-0.05, 0) is 12.1 Å². The highest BCUT2D eigenvalue weighted by Gasteiger charge is 2.69. The van der Waals surface area contributed by atoms with Crippen LogP contribution in [0.5, 0.6) is 0 Å². The Kier molecular flexibility index (Phi) is 2.97. The molecule has 0 unspecified atom stereocenters. The van der Waals surface area contributed by atoms with Crippen molar-refractivity contribution in [3.8, 4) is 0 Å². The fourth-order valence-corrected chi connectivity index (χ4v) is 1.90. The Balaban J connectivity index is 2.09. The van der Waals surface area contributed by atoms with Crippen LogP contribution in [0, 0.1) is 0 Å². The van der Waals surface area contributed by atoms with Crippen molar-refractivity contribution in [2.24, 2.45) is 0 Å². The van der Waals surface area contributed by atoms with Crippen molar-refractivity contribution >= 4 is 24.7 Å². The van der Waals surface area contributed by atoms with Gasteiger partial charge in [0.05, 0.1) is 11.6 Å². The fraction of sp³-hybridized carbons (Fsp3) is 0.0833. The average molecular weight is 314 g/mol. The Morgan fingerprint density at radius 3 is 2.09 bits per heavy atom. The summed E-state index contributed by atoms with van der Waals surface area (Å²) in [5.41, 5.74) is 0.257. The molecule has 0 aromatic heterocycles. The molecule has 0 aliphatic carbocycles. The van der Waals surface area contributed by atoms with E-state index in [1.807, 2.05) is 0 Å². The lowest BCUT2D eigenvalue weighted by Gasteiger charge is -2.25. The van der Waals surface area contributed by atoms with Crippen molar-refractivity contribution in [2.45, 2.75) is 6.18 Å². The highest BCUT2D eigenvalue weighted by atomic mass is 19.4. The zero-order valence-electron chi connectivity index (χ0n) is 10.6. The second-order valence-electron chi connectivity index (χ2n) is 4.36. The van der Waals surface area contributed by atoms with Crippen LogP contribution in [0.3, 0.4) is 0 Å². The number of benzene rings is 1. The summed E-state index contributed by atoms with van der Waals surface area (Å²) in [5.74, 6) is -4.78. The Morgan fingerprint density at radius 2 is 1.55 bits per heavy atom. The lowest BCUT2D eigenvalue weighted by atomic mass is 10.0. The SMILES string of the molecule is O=C1O[B-]2(OC1=O)OC(C(F)(F)F)=CC(c1ccccc1)=[O+]2. The van der Waals surface area contributed by atoms with Gasteiger partial charge in [-0.3, -0.25) is 0 Å². The van der Waals surface area contributed by atoms with Gasteiger partial charge in [-0.1, -0.05) is 18.2 Å². The first-order valence-corrected chi connectivity index (χ1v) is 5.97. The van der Waals surface area contributed by atoms with Gasteiger partial charge in [-0.25, -0.2) is 9.59 Å². The van der Waals surface area contributed by atoms with Crippen LogP contribution in [-0.4, -0.2) is 30.9 Å². The number of ketones is 1. The van der Waals surface area contributed by atoms with E-state index in [0.717, 1.165) is 0 Å². The maximum Gasteiger partial charge on any atom is 1.04 e. The summed E-state index contributed by atoms with van der Waals surface area (Å²) < 4.78 is 57.2. The summed E-state index contributed by atoms with van der Waals surface area (Å²) in [7, 11) is 0.